The zero-order valence-corrected chi connectivity index (χ0v) is 15.5. The Morgan fingerprint density at radius 2 is 2.08 bits per heavy atom. The molecule has 6 heteroatoms. The minimum atomic E-state index is -0.676. The number of aromatic amines is 1. The van der Waals surface area contributed by atoms with Gasteiger partial charge in [0.25, 0.3) is 0 Å². The summed E-state index contributed by atoms with van der Waals surface area (Å²) in [5, 5.41) is 18.5. The van der Waals surface area contributed by atoms with Gasteiger partial charge in [-0.05, 0) is 41.9 Å². The van der Waals surface area contributed by atoms with Gasteiger partial charge in [-0.1, -0.05) is 30.7 Å². The summed E-state index contributed by atoms with van der Waals surface area (Å²) in [6.45, 7) is 4.52. The molecule has 1 atom stereocenters. The molecule has 1 unspecified atom stereocenters. The first kappa shape index (κ1) is 18.2. The quantitative estimate of drug-likeness (QED) is 0.553. The lowest BCUT2D eigenvalue weighted by Gasteiger charge is -2.11. The molecule has 1 aliphatic heterocycles. The van der Waals surface area contributed by atoms with Gasteiger partial charge in [0.15, 0.2) is 0 Å². The monoisotopic (exact) mass is 377 g/mol. The van der Waals surface area contributed by atoms with Crippen LogP contribution in [-0.4, -0.2) is 16.6 Å². The third-order valence-corrected chi connectivity index (χ3v) is 4.95. The molecule has 2 heterocycles. The molecule has 0 bridgehead atoms. The van der Waals surface area contributed by atoms with E-state index in [1.165, 1.54) is 10.9 Å². The van der Waals surface area contributed by atoms with E-state index >= 15 is 0 Å². The van der Waals surface area contributed by atoms with Gasteiger partial charge in [-0.25, -0.2) is 0 Å². The van der Waals surface area contributed by atoms with Crippen molar-refractivity contribution in [3.05, 3.63) is 58.1 Å². The summed E-state index contributed by atoms with van der Waals surface area (Å²) in [6, 6.07) is 12.5. The number of hydrogen-bond donors (Lipinski definition) is 4. The SMILES string of the molecule is CCNCc1ccc2[nH]c(-c3ccc(Cl)c4c3C(O)NC4)cc2c1.Cl. The van der Waals surface area contributed by atoms with Crippen LogP contribution >= 0.6 is 24.0 Å². The number of aliphatic hydroxyl groups is 1. The average Bonchev–Trinajstić information content (AvgIpc) is 3.17. The lowest BCUT2D eigenvalue weighted by Crippen LogP contribution is -2.11. The summed E-state index contributed by atoms with van der Waals surface area (Å²) >= 11 is 6.27. The first-order valence-corrected chi connectivity index (χ1v) is 8.60. The van der Waals surface area contributed by atoms with E-state index in [0.717, 1.165) is 41.0 Å². The Balaban J connectivity index is 0.00000182. The molecule has 1 aliphatic rings. The Hall–Kier alpha value is -1.56. The highest BCUT2D eigenvalue weighted by atomic mass is 35.5. The molecule has 4 rings (SSSR count). The number of benzene rings is 2. The van der Waals surface area contributed by atoms with E-state index in [9.17, 15) is 5.11 Å². The van der Waals surface area contributed by atoms with Crippen LogP contribution in [0, 0.1) is 0 Å². The Bertz CT molecular complexity index is 907. The second-order valence-corrected chi connectivity index (χ2v) is 6.56. The molecule has 132 valence electrons. The first-order chi connectivity index (χ1) is 11.7. The number of nitrogens with one attached hydrogen (secondary N) is 3. The summed E-state index contributed by atoms with van der Waals surface area (Å²) in [7, 11) is 0. The number of hydrogen-bond acceptors (Lipinski definition) is 3. The molecule has 1 aromatic heterocycles. The van der Waals surface area contributed by atoms with Crippen molar-refractivity contribution in [2.75, 3.05) is 6.54 Å². The maximum atomic E-state index is 10.3. The fraction of sp³-hybridized carbons (Fsp3) is 0.263. The highest BCUT2D eigenvalue weighted by Gasteiger charge is 2.26. The van der Waals surface area contributed by atoms with E-state index in [-0.39, 0.29) is 12.4 Å². The highest BCUT2D eigenvalue weighted by Crippen LogP contribution is 2.38. The minimum Gasteiger partial charge on any atom is -0.374 e. The van der Waals surface area contributed by atoms with Crippen LogP contribution in [-0.2, 0) is 13.1 Å². The van der Waals surface area contributed by atoms with Gasteiger partial charge in [0, 0.05) is 45.8 Å². The van der Waals surface area contributed by atoms with Gasteiger partial charge >= 0.3 is 0 Å². The molecule has 4 N–H and O–H groups in total. The zero-order chi connectivity index (χ0) is 16.7. The molecule has 4 nitrogen and oxygen atoms in total. The van der Waals surface area contributed by atoms with Crippen LogP contribution < -0.4 is 10.6 Å². The molecule has 0 radical (unpaired) electrons. The van der Waals surface area contributed by atoms with E-state index in [1.54, 1.807) is 0 Å². The molecule has 0 saturated heterocycles. The third kappa shape index (κ3) is 3.28. The van der Waals surface area contributed by atoms with Crippen molar-refractivity contribution < 1.29 is 5.11 Å². The van der Waals surface area contributed by atoms with Gasteiger partial charge in [-0.2, -0.15) is 0 Å². The first-order valence-electron chi connectivity index (χ1n) is 8.23. The van der Waals surface area contributed by atoms with Crippen molar-refractivity contribution >= 4 is 34.9 Å². The fourth-order valence-corrected chi connectivity index (χ4v) is 3.60. The maximum absolute atomic E-state index is 10.3. The Morgan fingerprint density at radius 3 is 2.88 bits per heavy atom. The van der Waals surface area contributed by atoms with Gasteiger partial charge in [0.05, 0.1) is 0 Å². The topological polar surface area (TPSA) is 60.1 Å². The van der Waals surface area contributed by atoms with E-state index in [4.69, 9.17) is 11.6 Å². The van der Waals surface area contributed by atoms with Gasteiger partial charge in [0.1, 0.15) is 6.23 Å². The van der Waals surface area contributed by atoms with Crippen LogP contribution in [0.2, 0.25) is 5.02 Å². The molecule has 25 heavy (non-hydrogen) atoms. The maximum Gasteiger partial charge on any atom is 0.132 e. The van der Waals surface area contributed by atoms with Crippen LogP contribution in [0.25, 0.3) is 22.2 Å². The van der Waals surface area contributed by atoms with Gasteiger partial charge in [-0.3, -0.25) is 5.32 Å². The molecule has 0 fully saturated rings. The minimum absolute atomic E-state index is 0. The number of aromatic nitrogens is 1. The molecular formula is C19H21Cl2N3O. The molecule has 0 aliphatic carbocycles. The fourth-order valence-electron chi connectivity index (χ4n) is 3.37. The van der Waals surface area contributed by atoms with E-state index < -0.39 is 6.23 Å². The molecule has 2 aromatic carbocycles. The zero-order valence-electron chi connectivity index (χ0n) is 13.9. The van der Waals surface area contributed by atoms with Crippen LogP contribution in [0.3, 0.4) is 0 Å². The smallest absolute Gasteiger partial charge is 0.132 e. The summed E-state index contributed by atoms with van der Waals surface area (Å²) in [5.74, 6) is 0. The molecule has 3 aromatic rings. The lowest BCUT2D eigenvalue weighted by molar-refractivity contribution is 0.152. The van der Waals surface area contributed by atoms with Crippen LogP contribution in [0.1, 0.15) is 29.8 Å². The average molecular weight is 378 g/mol. The van der Waals surface area contributed by atoms with Crippen molar-refractivity contribution in [1.82, 2.24) is 15.6 Å². The van der Waals surface area contributed by atoms with E-state index in [0.29, 0.717) is 11.6 Å². The van der Waals surface area contributed by atoms with Crippen molar-refractivity contribution in [2.24, 2.45) is 0 Å². The number of fused-ring (bicyclic) bond motifs is 2. The van der Waals surface area contributed by atoms with Crippen LogP contribution in [0.15, 0.2) is 36.4 Å². The number of H-pyrrole nitrogens is 1. The second kappa shape index (κ2) is 7.36. The molecular weight excluding hydrogens is 357 g/mol. The predicted molar refractivity (Wildman–Crippen MR) is 105 cm³/mol. The summed E-state index contributed by atoms with van der Waals surface area (Å²) in [4.78, 5) is 3.46. The lowest BCUT2D eigenvalue weighted by atomic mass is 10.00. The van der Waals surface area contributed by atoms with Crippen LogP contribution in [0.4, 0.5) is 0 Å². The number of aliphatic hydroxyl groups excluding tert-OH is 1. The van der Waals surface area contributed by atoms with Gasteiger partial charge in [0.2, 0.25) is 0 Å². The Kier molecular flexibility index (Phi) is 5.37. The Morgan fingerprint density at radius 1 is 1.24 bits per heavy atom. The Labute approximate surface area is 158 Å². The number of halogens is 2. The van der Waals surface area contributed by atoms with E-state index in [2.05, 4.69) is 46.8 Å². The largest absolute Gasteiger partial charge is 0.374 e. The van der Waals surface area contributed by atoms with Gasteiger partial charge in [-0.15, -0.1) is 12.4 Å². The standard InChI is InChI=1S/C19H20ClN3O.ClH/c1-2-21-9-11-3-6-16-12(7-11)8-17(23-16)13-4-5-15(20)14-10-22-19(24)18(13)14;/h3-8,19,21-24H,2,9-10H2,1H3;1H. The second-order valence-electron chi connectivity index (χ2n) is 6.16. The van der Waals surface area contributed by atoms with Crippen molar-refractivity contribution in [3.8, 4) is 11.3 Å². The normalized spacial score (nSPS) is 16.0. The summed E-state index contributed by atoms with van der Waals surface area (Å²) in [6.07, 6.45) is -0.676. The van der Waals surface area contributed by atoms with Crippen LogP contribution in [0.5, 0.6) is 0 Å². The molecule has 0 saturated carbocycles. The summed E-state index contributed by atoms with van der Waals surface area (Å²) in [5.41, 5.74) is 6.21. The highest BCUT2D eigenvalue weighted by molar-refractivity contribution is 6.31. The van der Waals surface area contributed by atoms with Crippen molar-refractivity contribution in [1.29, 1.82) is 0 Å². The van der Waals surface area contributed by atoms with Gasteiger partial charge < -0.3 is 15.4 Å². The third-order valence-electron chi connectivity index (χ3n) is 4.60. The predicted octanol–water partition coefficient (Wildman–Crippen LogP) is 4.11. The van der Waals surface area contributed by atoms with Crippen molar-refractivity contribution in [2.45, 2.75) is 26.2 Å². The number of rotatable bonds is 4. The molecule has 0 amide bonds. The summed E-state index contributed by atoms with van der Waals surface area (Å²) < 4.78 is 0. The molecule has 0 spiro atoms. The van der Waals surface area contributed by atoms with E-state index in [1.807, 2.05) is 12.1 Å². The van der Waals surface area contributed by atoms with Crippen molar-refractivity contribution in [3.63, 3.8) is 0 Å².